The van der Waals surface area contributed by atoms with E-state index in [2.05, 4.69) is 43.4 Å². The Bertz CT molecular complexity index is 419. The van der Waals surface area contributed by atoms with Gasteiger partial charge in [0.2, 0.25) is 0 Å². The van der Waals surface area contributed by atoms with Gasteiger partial charge in [0, 0.05) is 18.1 Å². The number of hydrogen-bond donors (Lipinski definition) is 2. The van der Waals surface area contributed by atoms with E-state index >= 15 is 0 Å². The molecule has 1 aromatic rings. The van der Waals surface area contributed by atoms with Gasteiger partial charge in [0.05, 0.1) is 0 Å². The monoisotopic (exact) mass is 258 g/mol. The number of nitrogens with one attached hydrogen (secondary N) is 1. The van der Waals surface area contributed by atoms with E-state index in [1.807, 2.05) is 0 Å². The highest BCUT2D eigenvalue weighted by atomic mass is 15.1. The SMILES string of the molecule is CC(C)NC1(CN)C2CCC1Cc1ccccc1C2. The van der Waals surface area contributed by atoms with E-state index in [0.29, 0.717) is 17.9 Å². The molecule has 0 heterocycles. The summed E-state index contributed by atoms with van der Waals surface area (Å²) in [6.45, 7) is 5.26. The van der Waals surface area contributed by atoms with Crippen molar-refractivity contribution < 1.29 is 0 Å². The summed E-state index contributed by atoms with van der Waals surface area (Å²) in [7, 11) is 0. The Morgan fingerprint density at radius 3 is 2.11 bits per heavy atom. The summed E-state index contributed by atoms with van der Waals surface area (Å²) in [6.07, 6.45) is 5.05. The van der Waals surface area contributed by atoms with Crippen LogP contribution in [0, 0.1) is 11.8 Å². The van der Waals surface area contributed by atoms with E-state index in [9.17, 15) is 0 Å². The van der Waals surface area contributed by atoms with Crippen LogP contribution in [-0.4, -0.2) is 18.1 Å². The summed E-state index contributed by atoms with van der Waals surface area (Å²) in [5.74, 6) is 1.40. The lowest BCUT2D eigenvalue weighted by Gasteiger charge is -2.41. The standard InChI is InChI=1S/C17H26N2/c1-12(2)19-17(11-18)15-7-8-16(17)10-14-6-4-3-5-13(14)9-15/h3-6,12,15-16,19H,7-11,18H2,1-2H3. The van der Waals surface area contributed by atoms with E-state index in [4.69, 9.17) is 5.73 Å². The van der Waals surface area contributed by atoms with Gasteiger partial charge in [0.25, 0.3) is 0 Å². The van der Waals surface area contributed by atoms with Gasteiger partial charge in [-0.25, -0.2) is 0 Å². The summed E-state index contributed by atoms with van der Waals surface area (Å²) in [5.41, 5.74) is 9.52. The number of rotatable bonds is 3. The van der Waals surface area contributed by atoms with E-state index in [-0.39, 0.29) is 5.54 Å². The molecule has 2 nitrogen and oxygen atoms in total. The second kappa shape index (κ2) is 4.92. The van der Waals surface area contributed by atoms with Crippen molar-refractivity contribution in [2.24, 2.45) is 17.6 Å². The number of benzene rings is 1. The van der Waals surface area contributed by atoms with Gasteiger partial charge in [0.1, 0.15) is 0 Å². The normalized spacial score (nSPS) is 33.3. The van der Waals surface area contributed by atoms with Crippen molar-refractivity contribution in [2.45, 2.75) is 51.1 Å². The Kier molecular flexibility index (Phi) is 3.40. The zero-order chi connectivity index (χ0) is 13.5. The second-order valence-electron chi connectivity index (χ2n) is 6.69. The molecule has 2 heteroatoms. The van der Waals surface area contributed by atoms with Crippen molar-refractivity contribution in [1.29, 1.82) is 0 Å². The summed E-state index contributed by atoms with van der Waals surface area (Å²) >= 11 is 0. The van der Waals surface area contributed by atoms with Gasteiger partial charge >= 0.3 is 0 Å². The average Bonchev–Trinajstić information content (AvgIpc) is 2.61. The van der Waals surface area contributed by atoms with Gasteiger partial charge in [0.15, 0.2) is 0 Å². The van der Waals surface area contributed by atoms with Crippen molar-refractivity contribution in [1.82, 2.24) is 5.32 Å². The topological polar surface area (TPSA) is 38.0 Å². The summed E-state index contributed by atoms with van der Waals surface area (Å²) in [5, 5.41) is 3.86. The first-order valence-corrected chi connectivity index (χ1v) is 7.70. The minimum absolute atomic E-state index is 0.160. The van der Waals surface area contributed by atoms with Crippen LogP contribution in [0.1, 0.15) is 37.8 Å². The molecule has 19 heavy (non-hydrogen) atoms. The minimum Gasteiger partial charge on any atom is -0.329 e. The maximum Gasteiger partial charge on any atom is 0.0369 e. The van der Waals surface area contributed by atoms with Crippen LogP contribution in [0.3, 0.4) is 0 Å². The second-order valence-corrected chi connectivity index (χ2v) is 6.69. The maximum atomic E-state index is 6.25. The minimum atomic E-state index is 0.160. The average molecular weight is 258 g/mol. The van der Waals surface area contributed by atoms with Gasteiger partial charge in [-0.3, -0.25) is 0 Å². The predicted molar refractivity (Wildman–Crippen MR) is 80.1 cm³/mol. The van der Waals surface area contributed by atoms with Crippen molar-refractivity contribution in [3.05, 3.63) is 35.4 Å². The van der Waals surface area contributed by atoms with Crippen LogP contribution in [-0.2, 0) is 12.8 Å². The van der Waals surface area contributed by atoms with Gasteiger partial charge < -0.3 is 11.1 Å². The molecule has 3 N–H and O–H groups in total. The number of hydrogen-bond acceptors (Lipinski definition) is 2. The van der Waals surface area contributed by atoms with Crippen LogP contribution in [0.2, 0.25) is 0 Å². The Balaban J connectivity index is 1.98. The van der Waals surface area contributed by atoms with Crippen molar-refractivity contribution in [3.63, 3.8) is 0 Å². The Hall–Kier alpha value is -0.860. The van der Waals surface area contributed by atoms with Crippen LogP contribution in [0.15, 0.2) is 24.3 Å². The van der Waals surface area contributed by atoms with Gasteiger partial charge in [-0.05, 0) is 48.6 Å². The first kappa shape index (κ1) is 13.1. The van der Waals surface area contributed by atoms with Crippen molar-refractivity contribution in [3.8, 4) is 0 Å². The van der Waals surface area contributed by atoms with Crippen molar-refractivity contribution in [2.75, 3.05) is 6.54 Å². The molecule has 0 amide bonds. The maximum absolute atomic E-state index is 6.25. The highest BCUT2D eigenvalue weighted by molar-refractivity contribution is 5.32. The molecule has 2 atom stereocenters. The lowest BCUT2D eigenvalue weighted by atomic mass is 9.78. The van der Waals surface area contributed by atoms with Gasteiger partial charge in [-0.1, -0.05) is 38.1 Å². The smallest absolute Gasteiger partial charge is 0.0369 e. The fraction of sp³-hybridized carbons (Fsp3) is 0.647. The van der Waals surface area contributed by atoms with E-state index in [0.717, 1.165) is 6.54 Å². The fourth-order valence-corrected chi connectivity index (χ4v) is 4.47. The van der Waals surface area contributed by atoms with E-state index < -0.39 is 0 Å². The molecule has 0 aliphatic heterocycles. The zero-order valence-electron chi connectivity index (χ0n) is 12.2. The first-order valence-electron chi connectivity index (χ1n) is 7.70. The third-order valence-corrected chi connectivity index (χ3v) is 5.27. The Morgan fingerprint density at radius 2 is 1.68 bits per heavy atom. The molecule has 0 radical (unpaired) electrons. The van der Waals surface area contributed by atoms with Crippen LogP contribution < -0.4 is 11.1 Å². The molecule has 2 aliphatic rings. The summed E-state index contributed by atoms with van der Waals surface area (Å²) < 4.78 is 0. The molecule has 1 saturated carbocycles. The van der Waals surface area contributed by atoms with Gasteiger partial charge in [-0.2, -0.15) is 0 Å². The highest BCUT2D eigenvalue weighted by Gasteiger charge is 2.50. The fourth-order valence-electron chi connectivity index (χ4n) is 4.47. The largest absolute Gasteiger partial charge is 0.329 e. The molecule has 2 bridgehead atoms. The third kappa shape index (κ3) is 2.11. The lowest BCUT2D eigenvalue weighted by molar-refractivity contribution is 0.180. The van der Waals surface area contributed by atoms with E-state index in [1.165, 1.54) is 25.7 Å². The molecule has 2 unspecified atom stereocenters. The molecular weight excluding hydrogens is 232 g/mol. The lowest BCUT2D eigenvalue weighted by Crippen LogP contribution is -2.60. The summed E-state index contributed by atoms with van der Waals surface area (Å²) in [6, 6.07) is 9.49. The number of fused-ring (bicyclic) bond motifs is 3. The van der Waals surface area contributed by atoms with Crippen LogP contribution in [0.25, 0.3) is 0 Å². The first-order chi connectivity index (χ1) is 9.15. The zero-order valence-corrected chi connectivity index (χ0v) is 12.2. The van der Waals surface area contributed by atoms with Crippen LogP contribution in [0.5, 0.6) is 0 Å². The summed E-state index contributed by atoms with van der Waals surface area (Å²) in [4.78, 5) is 0. The molecule has 0 aromatic heterocycles. The van der Waals surface area contributed by atoms with Crippen molar-refractivity contribution >= 4 is 0 Å². The van der Waals surface area contributed by atoms with E-state index in [1.54, 1.807) is 11.1 Å². The molecule has 104 valence electrons. The molecule has 3 rings (SSSR count). The molecular formula is C17H26N2. The Morgan fingerprint density at radius 1 is 1.16 bits per heavy atom. The third-order valence-electron chi connectivity index (χ3n) is 5.27. The van der Waals surface area contributed by atoms with Crippen LogP contribution >= 0.6 is 0 Å². The molecule has 0 spiro atoms. The molecule has 2 aliphatic carbocycles. The van der Waals surface area contributed by atoms with Crippen LogP contribution in [0.4, 0.5) is 0 Å². The quantitative estimate of drug-likeness (QED) is 0.874. The van der Waals surface area contributed by atoms with Gasteiger partial charge in [-0.15, -0.1) is 0 Å². The molecule has 0 saturated heterocycles. The number of nitrogens with two attached hydrogens (primary N) is 1. The Labute approximate surface area is 116 Å². The molecule has 1 fully saturated rings. The highest BCUT2D eigenvalue weighted by Crippen LogP contribution is 2.46. The molecule has 1 aromatic carbocycles. The predicted octanol–water partition coefficient (Wildman–Crippen LogP) is 2.51.